The Balaban J connectivity index is 2.28. The number of oxazole rings is 1. The maximum atomic E-state index is 11.0. The molecule has 3 rings (SSSR count). The summed E-state index contributed by atoms with van der Waals surface area (Å²) in [4.78, 5) is 14.6. The highest BCUT2D eigenvalue weighted by molar-refractivity contribution is 5.94. The van der Waals surface area contributed by atoms with Crippen LogP contribution in [0, 0.1) is 0 Å². The van der Waals surface area contributed by atoms with Crippen molar-refractivity contribution in [2.45, 2.75) is 0 Å². The van der Waals surface area contributed by atoms with Crippen LogP contribution in [-0.4, -0.2) is 25.7 Å². The zero-order valence-electron chi connectivity index (χ0n) is 8.57. The summed E-state index contributed by atoms with van der Waals surface area (Å²) in [6, 6.07) is 5.51. The third-order valence-corrected chi connectivity index (χ3v) is 2.44. The highest BCUT2D eigenvalue weighted by Gasteiger charge is 2.20. The van der Waals surface area contributed by atoms with Gasteiger partial charge in [0.25, 0.3) is 0 Å². The summed E-state index contributed by atoms with van der Waals surface area (Å²) in [5.41, 5.74) is 1.27. The standard InChI is InChI=1S/C11H7N3O3/c15-11(16)9-10(17-6-12-9)7-5-13-14-4-2-1-3-8(7)14/h1-6H,(H,15,16). The van der Waals surface area contributed by atoms with Crippen LogP contribution >= 0.6 is 0 Å². The third-order valence-electron chi connectivity index (χ3n) is 2.44. The van der Waals surface area contributed by atoms with E-state index in [1.807, 2.05) is 18.2 Å². The zero-order valence-corrected chi connectivity index (χ0v) is 8.57. The molecule has 0 aromatic carbocycles. The van der Waals surface area contributed by atoms with Gasteiger partial charge in [0, 0.05) is 6.20 Å². The fourth-order valence-electron chi connectivity index (χ4n) is 1.70. The highest BCUT2D eigenvalue weighted by Crippen LogP contribution is 2.27. The Kier molecular flexibility index (Phi) is 1.94. The molecule has 0 aliphatic carbocycles. The van der Waals surface area contributed by atoms with Gasteiger partial charge in [-0.2, -0.15) is 5.10 Å². The van der Waals surface area contributed by atoms with Crippen LogP contribution in [0.3, 0.4) is 0 Å². The lowest BCUT2D eigenvalue weighted by Gasteiger charge is -1.95. The number of aromatic carboxylic acids is 1. The van der Waals surface area contributed by atoms with Crippen LogP contribution in [0.15, 0.2) is 41.4 Å². The SMILES string of the molecule is O=C(O)c1ncoc1-c1cnn2ccccc12. The molecule has 84 valence electrons. The molecule has 0 atom stereocenters. The molecule has 0 fully saturated rings. The zero-order chi connectivity index (χ0) is 11.8. The van der Waals surface area contributed by atoms with Gasteiger partial charge in [0.2, 0.25) is 0 Å². The van der Waals surface area contributed by atoms with Crippen molar-refractivity contribution in [2.75, 3.05) is 0 Å². The van der Waals surface area contributed by atoms with Crippen molar-refractivity contribution in [3.05, 3.63) is 42.7 Å². The first-order valence-corrected chi connectivity index (χ1v) is 4.87. The minimum absolute atomic E-state index is 0.108. The van der Waals surface area contributed by atoms with E-state index in [2.05, 4.69) is 10.1 Å². The van der Waals surface area contributed by atoms with Gasteiger partial charge in [-0.1, -0.05) is 6.07 Å². The number of rotatable bonds is 2. The molecule has 0 aliphatic rings. The van der Waals surface area contributed by atoms with E-state index in [0.29, 0.717) is 5.56 Å². The minimum Gasteiger partial charge on any atom is -0.476 e. The van der Waals surface area contributed by atoms with E-state index in [1.165, 1.54) is 0 Å². The molecule has 0 unspecified atom stereocenters. The molecule has 0 saturated carbocycles. The predicted molar refractivity (Wildman–Crippen MR) is 57.6 cm³/mol. The third kappa shape index (κ3) is 1.38. The first-order valence-electron chi connectivity index (χ1n) is 4.87. The fraction of sp³-hybridized carbons (Fsp3) is 0. The van der Waals surface area contributed by atoms with Crippen LogP contribution in [0.2, 0.25) is 0 Å². The summed E-state index contributed by atoms with van der Waals surface area (Å²) in [6.45, 7) is 0. The largest absolute Gasteiger partial charge is 0.476 e. The van der Waals surface area contributed by atoms with Crippen molar-refractivity contribution in [1.82, 2.24) is 14.6 Å². The molecule has 17 heavy (non-hydrogen) atoms. The van der Waals surface area contributed by atoms with Gasteiger partial charge < -0.3 is 9.52 Å². The Hall–Kier alpha value is -2.63. The lowest BCUT2D eigenvalue weighted by Crippen LogP contribution is -1.98. The minimum atomic E-state index is -1.12. The first kappa shape index (κ1) is 9.59. The summed E-state index contributed by atoms with van der Waals surface area (Å²) in [5, 5.41) is 13.1. The predicted octanol–water partition coefficient (Wildman–Crippen LogP) is 1.69. The number of hydrogen-bond donors (Lipinski definition) is 1. The second-order valence-corrected chi connectivity index (χ2v) is 3.42. The Labute approximate surface area is 95.1 Å². The molecule has 6 nitrogen and oxygen atoms in total. The number of aromatic nitrogens is 3. The Morgan fingerprint density at radius 2 is 2.29 bits per heavy atom. The molecule has 6 heteroatoms. The Bertz CT molecular complexity index is 699. The summed E-state index contributed by atoms with van der Waals surface area (Å²) in [7, 11) is 0. The number of carboxylic acids is 1. The van der Waals surface area contributed by atoms with Crippen LogP contribution in [0.5, 0.6) is 0 Å². The van der Waals surface area contributed by atoms with Crippen LogP contribution in [-0.2, 0) is 0 Å². The summed E-state index contributed by atoms with van der Waals surface area (Å²) >= 11 is 0. The summed E-state index contributed by atoms with van der Waals surface area (Å²) in [5.74, 6) is -0.900. The number of carboxylic acid groups (broad SMARTS) is 1. The monoisotopic (exact) mass is 229 g/mol. The highest BCUT2D eigenvalue weighted by atomic mass is 16.4. The van der Waals surface area contributed by atoms with Crippen LogP contribution in [0.1, 0.15) is 10.5 Å². The van der Waals surface area contributed by atoms with E-state index < -0.39 is 5.97 Å². The lowest BCUT2D eigenvalue weighted by molar-refractivity contribution is 0.0691. The van der Waals surface area contributed by atoms with Crippen molar-refractivity contribution >= 4 is 11.5 Å². The fourth-order valence-corrected chi connectivity index (χ4v) is 1.70. The second-order valence-electron chi connectivity index (χ2n) is 3.42. The smallest absolute Gasteiger partial charge is 0.358 e. The Morgan fingerprint density at radius 3 is 3.12 bits per heavy atom. The normalized spacial score (nSPS) is 10.8. The number of hydrogen-bond acceptors (Lipinski definition) is 4. The molecular weight excluding hydrogens is 222 g/mol. The molecule has 0 amide bonds. The first-order chi connectivity index (χ1) is 8.27. The molecule has 3 aromatic rings. The molecule has 0 radical (unpaired) electrons. The van der Waals surface area contributed by atoms with E-state index in [1.54, 1.807) is 16.9 Å². The number of pyridine rings is 1. The average molecular weight is 229 g/mol. The number of carbonyl (C=O) groups is 1. The van der Waals surface area contributed by atoms with Gasteiger partial charge >= 0.3 is 5.97 Å². The number of nitrogens with zero attached hydrogens (tertiary/aromatic N) is 3. The van der Waals surface area contributed by atoms with Crippen molar-refractivity contribution in [3.8, 4) is 11.3 Å². The van der Waals surface area contributed by atoms with Crippen LogP contribution < -0.4 is 0 Å². The molecular formula is C11H7N3O3. The maximum Gasteiger partial charge on any atom is 0.358 e. The molecule has 1 N–H and O–H groups in total. The van der Waals surface area contributed by atoms with Crippen molar-refractivity contribution in [3.63, 3.8) is 0 Å². The van der Waals surface area contributed by atoms with E-state index in [0.717, 1.165) is 11.9 Å². The average Bonchev–Trinajstić information content (AvgIpc) is 2.94. The van der Waals surface area contributed by atoms with Gasteiger partial charge in [-0.15, -0.1) is 0 Å². The van der Waals surface area contributed by atoms with E-state index in [4.69, 9.17) is 9.52 Å². The summed E-state index contributed by atoms with van der Waals surface area (Å²) in [6.07, 6.45) is 4.45. The molecule has 0 saturated heterocycles. The summed E-state index contributed by atoms with van der Waals surface area (Å²) < 4.78 is 6.78. The maximum absolute atomic E-state index is 11.0. The molecule has 3 aromatic heterocycles. The van der Waals surface area contributed by atoms with Crippen molar-refractivity contribution in [2.24, 2.45) is 0 Å². The van der Waals surface area contributed by atoms with Crippen molar-refractivity contribution in [1.29, 1.82) is 0 Å². The van der Waals surface area contributed by atoms with E-state index in [9.17, 15) is 4.79 Å². The molecule has 0 aliphatic heterocycles. The second kappa shape index (κ2) is 3.44. The molecule has 0 bridgehead atoms. The quantitative estimate of drug-likeness (QED) is 0.723. The van der Waals surface area contributed by atoms with Crippen molar-refractivity contribution < 1.29 is 14.3 Å². The van der Waals surface area contributed by atoms with Gasteiger partial charge in [0.15, 0.2) is 17.8 Å². The van der Waals surface area contributed by atoms with E-state index in [-0.39, 0.29) is 11.5 Å². The van der Waals surface area contributed by atoms with Crippen LogP contribution in [0.25, 0.3) is 16.8 Å². The van der Waals surface area contributed by atoms with Gasteiger partial charge in [0.1, 0.15) is 0 Å². The van der Waals surface area contributed by atoms with Gasteiger partial charge in [-0.25, -0.2) is 14.3 Å². The molecule has 0 spiro atoms. The lowest BCUT2D eigenvalue weighted by atomic mass is 10.2. The van der Waals surface area contributed by atoms with Gasteiger partial charge in [-0.3, -0.25) is 0 Å². The Morgan fingerprint density at radius 1 is 1.41 bits per heavy atom. The van der Waals surface area contributed by atoms with Gasteiger partial charge in [-0.05, 0) is 12.1 Å². The van der Waals surface area contributed by atoms with E-state index >= 15 is 0 Å². The van der Waals surface area contributed by atoms with Gasteiger partial charge in [0.05, 0.1) is 17.3 Å². The topological polar surface area (TPSA) is 80.6 Å². The van der Waals surface area contributed by atoms with Crippen LogP contribution in [0.4, 0.5) is 0 Å². The molecule has 3 heterocycles. The number of fused-ring (bicyclic) bond motifs is 1.